The summed E-state index contributed by atoms with van der Waals surface area (Å²) in [5.74, 6) is 1.35. The van der Waals surface area contributed by atoms with Gasteiger partial charge >= 0.3 is 0 Å². The molecule has 2 aromatic rings. The van der Waals surface area contributed by atoms with Gasteiger partial charge in [-0.2, -0.15) is 4.98 Å². The number of benzene rings is 1. The highest BCUT2D eigenvalue weighted by Gasteiger charge is 2.04. The molecule has 0 saturated carbocycles. The van der Waals surface area contributed by atoms with Crippen LogP contribution in [0.25, 0.3) is 0 Å². The van der Waals surface area contributed by atoms with Gasteiger partial charge in [-0.05, 0) is 47.5 Å². The summed E-state index contributed by atoms with van der Waals surface area (Å²) >= 11 is 3.55. The van der Waals surface area contributed by atoms with Crippen molar-refractivity contribution in [3.63, 3.8) is 0 Å². The topological polar surface area (TPSA) is 49.8 Å². The highest BCUT2D eigenvalue weighted by Crippen LogP contribution is 2.26. The lowest BCUT2D eigenvalue weighted by molar-refractivity contribution is 1.08. The maximum atomic E-state index is 4.43. The second kappa shape index (κ2) is 6.52. The fourth-order valence-corrected chi connectivity index (χ4v) is 2.33. The molecule has 0 aliphatic carbocycles. The summed E-state index contributed by atoms with van der Waals surface area (Å²) in [7, 11) is 0. The van der Waals surface area contributed by atoms with Crippen LogP contribution in [0.3, 0.4) is 0 Å². The second-order valence-electron chi connectivity index (χ2n) is 4.50. The summed E-state index contributed by atoms with van der Waals surface area (Å²) in [6.07, 6.45) is 1.77. The number of rotatable bonds is 5. The van der Waals surface area contributed by atoms with Crippen LogP contribution in [0.1, 0.15) is 11.3 Å². The molecule has 0 amide bonds. The van der Waals surface area contributed by atoms with Gasteiger partial charge in [-0.3, -0.25) is 0 Å². The Bertz CT molecular complexity index is 625. The van der Waals surface area contributed by atoms with Crippen LogP contribution in [0.15, 0.2) is 41.4 Å². The van der Waals surface area contributed by atoms with Crippen molar-refractivity contribution in [1.29, 1.82) is 0 Å². The van der Waals surface area contributed by atoms with E-state index in [1.807, 2.05) is 19.1 Å². The minimum absolute atomic E-state index is 0.593. The van der Waals surface area contributed by atoms with E-state index < -0.39 is 0 Å². The number of aryl methyl sites for hydroxylation is 2. The zero-order chi connectivity index (χ0) is 14.5. The molecule has 4 nitrogen and oxygen atoms in total. The maximum Gasteiger partial charge on any atom is 0.225 e. The number of hydrogen-bond acceptors (Lipinski definition) is 4. The third-order valence-corrected chi connectivity index (χ3v) is 3.30. The van der Waals surface area contributed by atoms with Gasteiger partial charge in [0, 0.05) is 22.8 Å². The van der Waals surface area contributed by atoms with E-state index in [1.165, 1.54) is 5.56 Å². The Labute approximate surface area is 127 Å². The van der Waals surface area contributed by atoms with E-state index in [-0.39, 0.29) is 0 Å². The molecule has 1 aromatic carbocycles. The average molecular weight is 333 g/mol. The van der Waals surface area contributed by atoms with Gasteiger partial charge in [0.05, 0.1) is 5.69 Å². The lowest BCUT2D eigenvalue weighted by atomic mass is 10.2. The number of anilines is 3. The van der Waals surface area contributed by atoms with Crippen molar-refractivity contribution in [3.8, 4) is 0 Å². The molecule has 0 spiro atoms. The Kier molecular flexibility index (Phi) is 4.74. The van der Waals surface area contributed by atoms with E-state index >= 15 is 0 Å². The van der Waals surface area contributed by atoms with Gasteiger partial charge in [0.1, 0.15) is 5.82 Å². The molecular weight excluding hydrogens is 316 g/mol. The van der Waals surface area contributed by atoms with Gasteiger partial charge in [0.15, 0.2) is 0 Å². The summed E-state index contributed by atoms with van der Waals surface area (Å²) in [6.45, 7) is 8.30. The van der Waals surface area contributed by atoms with E-state index in [4.69, 9.17) is 0 Å². The number of hydrogen-bond donors (Lipinski definition) is 2. The van der Waals surface area contributed by atoms with Crippen molar-refractivity contribution in [2.24, 2.45) is 0 Å². The van der Waals surface area contributed by atoms with Crippen molar-refractivity contribution in [1.82, 2.24) is 9.97 Å². The van der Waals surface area contributed by atoms with Crippen LogP contribution in [0.5, 0.6) is 0 Å². The highest BCUT2D eigenvalue weighted by molar-refractivity contribution is 9.10. The van der Waals surface area contributed by atoms with E-state index in [9.17, 15) is 0 Å². The molecule has 0 aliphatic heterocycles. The van der Waals surface area contributed by atoms with E-state index in [2.05, 4.69) is 62.2 Å². The lowest BCUT2D eigenvalue weighted by Gasteiger charge is -2.11. The SMILES string of the molecule is C=CCNc1nc(C)cc(Nc2ccc(C)cc2Br)n1. The van der Waals surface area contributed by atoms with Crippen molar-refractivity contribution < 1.29 is 0 Å². The molecule has 0 bridgehead atoms. The van der Waals surface area contributed by atoms with E-state index in [0.29, 0.717) is 12.5 Å². The summed E-state index contributed by atoms with van der Waals surface area (Å²) in [6, 6.07) is 8.05. The molecule has 2 rings (SSSR count). The van der Waals surface area contributed by atoms with Crippen molar-refractivity contribution in [3.05, 3.63) is 52.7 Å². The molecule has 104 valence electrons. The molecule has 2 N–H and O–H groups in total. The van der Waals surface area contributed by atoms with Gasteiger partial charge < -0.3 is 10.6 Å². The molecule has 5 heteroatoms. The molecule has 0 fully saturated rings. The molecule has 0 saturated heterocycles. The molecule has 20 heavy (non-hydrogen) atoms. The summed E-state index contributed by atoms with van der Waals surface area (Å²) in [5.41, 5.74) is 3.08. The molecule has 0 atom stereocenters. The molecule has 0 radical (unpaired) electrons. The summed E-state index contributed by atoms with van der Waals surface area (Å²) in [5, 5.41) is 6.39. The molecule has 1 heterocycles. The predicted octanol–water partition coefficient (Wildman–Crippen LogP) is 4.20. The van der Waals surface area contributed by atoms with Gasteiger partial charge in [-0.15, -0.1) is 6.58 Å². The van der Waals surface area contributed by atoms with Gasteiger partial charge in [0.2, 0.25) is 5.95 Å². The van der Waals surface area contributed by atoms with Crippen molar-refractivity contribution >= 4 is 33.4 Å². The van der Waals surface area contributed by atoms with Crippen LogP contribution >= 0.6 is 15.9 Å². The fourth-order valence-electron chi connectivity index (χ4n) is 1.73. The number of halogens is 1. The number of nitrogens with zero attached hydrogens (tertiary/aromatic N) is 2. The normalized spacial score (nSPS) is 10.2. The number of aromatic nitrogens is 2. The standard InChI is InChI=1S/C15H17BrN4/c1-4-7-17-15-18-11(3)9-14(20-15)19-13-6-5-10(2)8-12(13)16/h4-6,8-9H,1,7H2,2-3H3,(H2,17,18,19,20). The Morgan fingerprint density at radius 1 is 1.25 bits per heavy atom. The maximum absolute atomic E-state index is 4.43. The smallest absolute Gasteiger partial charge is 0.225 e. The Balaban J connectivity index is 2.23. The molecular formula is C15H17BrN4. The van der Waals surface area contributed by atoms with Crippen molar-refractivity contribution in [2.75, 3.05) is 17.2 Å². The van der Waals surface area contributed by atoms with E-state index in [0.717, 1.165) is 21.7 Å². The predicted molar refractivity (Wildman–Crippen MR) is 87.6 cm³/mol. The summed E-state index contributed by atoms with van der Waals surface area (Å²) < 4.78 is 1.01. The molecule has 0 unspecified atom stereocenters. The summed E-state index contributed by atoms with van der Waals surface area (Å²) in [4.78, 5) is 8.76. The minimum atomic E-state index is 0.593. The Hall–Kier alpha value is -1.88. The van der Waals surface area contributed by atoms with Crippen LogP contribution in [0.4, 0.5) is 17.5 Å². The van der Waals surface area contributed by atoms with Crippen LogP contribution in [-0.2, 0) is 0 Å². The first-order valence-corrected chi connectivity index (χ1v) is 7.11. The van der Waals surface area contributed by atoms with Crippen LogP contribution in [0.2, 0.25) is 0 Å². The zero-order valence-electron chi connectivity index (χ0n) is 11.6. The third-order valence-electron chi connectivity index (χ3n) is 2.65. The first kappa shape index (κ1) is 14.5. The quantitative estimate of drug-likeness (QED) is 0.805. The monoisotopic (exact) mass is 332 g/mol. The van der Waals surface area contributed by atoms with Gasteiger partial charge in [0.25, 0.3) is 0 Å². The van der Waals surface area contributed by atoms with E-state index in [1.54, 1.807) is 6.08 Å². The Morgan fingerprint density at radius 2 is 2.05 bits per heavy atom. The molecule has 0 aliphatic rings. The van der Waals surface area contributed by atoms with Crippen LogP contribution in [0, 0.1) is 13.8 Å². The first-order valence-electron chi connectivity index (χ1n) is 6.32. The van der Waals surface area contributed by atoms with Crippen LogP contribution < -0.4 is 10.6 Å². The second-order valence-corrected chi connectivity index (χ2v) is 5.35. The average Bonchev–Trinajstić information content (AvgIpc) is 2.39. The van der Waals surface area contributed by atoms with Crippen molar-refractivity contribution in [2.45, 2.75) is 13.8 Å². The largest absolute Gasteiger partial charge is 0.351 e. The minimum Gasteiger partial charge on any atom is -0.351 e. The number of nitrogens with one attached hydrogen (secondary N) is 2. The Morgan fingerprint density at radius 3 is 2.75 bits per heavy atom. The lowest BCUT2D eigenvalue weighted by Crippen LogP contribution is -2.06. The van der Waals surface area contributed by atoms with Gasteiger partial charge in [-0.25, -0.2) is 4.98 Å². The zero-order valence-corrected chi connectivity index (χ0v) is 13.2. The van der Waals surface area contributed by atoms with Crippen LogP contribution in [-0.4, -0.2) is 16.5 Å². The highest BCUT2D eigenvalue weighted by atomic mass is 79.9. The van der Waals surface area contributed by atoms with Gasteiger partial charge in [-0.1, -0.05) is 12.1 Å². The fraction of sp³-hybridized carbons (Fsp3) is 0.200. The third kappa shape index (κ3) is 3.81. The molecule has 1 aromatic heterocycles. The first-order chi connectivity index (χ1) is 9.58.